The summed E-state index contributed by atoms with van der Waals surface area (Å²) in [5.41, 5.74) is 11.2. The van der Waals surface area contributed by atoms with Crippen LogP contribution in [0.3, 0.4) is 0 Å². The highest BCUT2D eigenvalue weighted by Crippen LogP contribution is 2.15. The van der Waals surface area contributed by atoms with Crippen molar-refractivity contribution in [3.8, 4) is 0 Å². The summed E-state index contributed by atoms with van der Waals surface area (Å²) >= 11 is 0. The fraction of sp³-hybridized carbons (Fsp3) is 1.00. The number of rotatable bonds is 0. The largest absolute Gasteiger partial charge is 0.393 e. The van der Waals surface area contributed by atoms with Crippen molar-refractivity contribution in [3.05, 3.63) is 0 Å². The lowest BCUT2D eigenvalue weighted by Gasteiger charge is -2.27. The lowest BCUT2D eigenvalue weighted by Crippen LogP contribution is -2.41. The minimum atomic E-state index is -0.260. The third-order valence-corrected chi connectivity index (χ3v) is 1.76. The number of hydrogen-bond acceptors (Lipinski definition) is 3. The molecule has 0 radical (unpaired) electrons. The molecule has 1 rings (SSSR count). The normalized spacial score (nSPS) is 45.0. The summed E-state index contributed by atoms with van der Waals surface area (Å²) < 4.78 is 0. The molecule has 0 unspecified atom stereocenters. The van der Waals surface area contributed by atoms with Gasteiger partial charge in [-0.2, -0.15) is 0 Å². The van der Waals surface area contributed by atoms with Crippen molar-refractivity contribution in [1.29, 1.82) is 0 Å². The van der Waals surface area contributed by atoms with E-state index in [0.29, 0.717) is 12.8 Å². The van der Waals surface area contributed by atoms with Crippen molar-refractivity contribution < 1.29 is 5.11 Å². The average Bonchev–Trinajstić information content (AvgIpc) is 1.59. The molecule has 54 valence electrons. The first kappa shape index (κ1) is 6.99. The molecule has 1 aliphatic carbocycles. The van der Waals surface area contributed by atoms with E-state index in [-0.39, 0.29) is 18.2 Å². The molecule has 9 heavy (non-hydrogen) atoms. The minimum Gasteiger partial charge on any atom is -0.393 e. The van der Waals surface area contributed by atoms with Crippen LogP contribution in [0.25, 0.3) is 0 Å². The van der Waals surface area contributed by atoms with Crippen LogP contribution >= 0.6 is 0 Å². The molecule has 0 saturated heterocycles. The molecule has 0 aliphatic heterocycles. The summed E-state index contributed by atoms with van der Waals surface area (Å²) in [4.78, 5) is 0. The van der Waals surface area contributed by atoms with Gasteiger partial charge in [-0.15, -0.1) is 0 Å². The molecule has 5 N–H and O–H groups in total. The molecule has 0 amide bonds. The molecule has 0 heterocycles. The first-order valence-corrected chi connectivity index (χ1v) is 3.37. The van der Waals surface area contributed by atoms with Crippen LogP contribution in [0.15, 0.2) is 0 Å². The Bertz CT molecular complexity index is 72.0. The Morgan fingerprint density at radius 2 is 1.44 bits per heavy atom. The maximum absolute atomic E-state index is 9.09. The molecular weight excluding hydrogens is 116 g/mol. The highest BCUT2D eigenvalue weighted by atomic mass is 16.3. The van der Waals surface area contributed by atoms with Gasteiger partial charge in [0.25, 0.3) is 0 Å². The van der Waals surface area contributed by atoms with E-state index in [0.717, 1.165) is 6.42 Å². The van der Waals surface area contributed by atoms with Crippen LogP contribution in [0.2, 0.25) is 0 Å². The Hall–Kier alpha value is -0.120. The van der Waals surface area contributed by atoms with Gasteiger partial charge in [-0.05, 0) is 19.3 Å². The predicted octanol–water partition coefficient (Wildman–Crippen LogP) is -0.814. The quantitative estimate of drug-likeness (QED) is 0.401. The molecule has 0 aromatic rings. The van der Waals surface area contributed by atoms with Gasteiger partial charge in [0.05, 0.1) is 6.10 Å². The van der Waals surface area contributed by atoms with Crippen molar-refractivity contribution in [2.24, 2.45) is 11.5 Å². The average molecular weight is 130 g/mol. The maximum atomic E-state index is 9.09. The van der Waals surface area contributed by atoms with Gasteiger partial charge in [-0.3, -0.25) is 0 Å². The molecule has 3 atom stereocenters. The van der Waals surface area contributed by atoms with E-state index in [4.69, 9.17) is 16.6 Å². The first-order chi connectivity index (χ1) is 4.18. The standard InChI is InChI=1S/C6H14N2O/c7-4-1-5(8)3-6(9)2-4/h4-6,9H,1-3,7-8H2/t4-,5+,6-. The Balaban J connectivity index is 2.34. The molecule has 1 saturated carbocycles. The number of hydrogen-bond donors (Lipinski definition) is 3. The summed E-state index contributed by atoms with van der Waals surface area (Å²) in [6.45, 7) is 0. The zero-order chi connectivity index (χ0) is 6.85. The number of nitrogens with two attached hydrogens (primary N) is 2. The third-order valence-electron chi connectivity index (χ3n) is 1.76. The molecule has 3 heteroatoms. The van der Waals surface area contributed by atoms with E-state index in [1.54, 1.807) is 0 Å². The van der Waals surface area contributed by atoms with Gasteiger partial charge in [0.2, 0.25) is 0 Å². The van der Waals surface area contributed by atoms with E-state index in [9.17, 15) is 0 Å². The first-order valence-electron chi connectivity index (χ1n) is 3.37. The Morgan fingerprint density at radius 1 is 1.00 bits per heavy atom. The van der Waals surface area contributed by atoms with Gasteiger partial charge >= 0.3 is 0 Å². The van der Waals surface area contributed by atoms with Gasteiger partial charge in [0.15, 0.2) is 0 Å². The van der Waals surface area contributed by atoms with Crippen molar-refractivity contribution in [1.82, 2.24) is 0 Å². The SMILES string of the molecule is N[C@@H]1C[C@H](N)C[C@H](O)C1. The van der Waals surface area contributed by atoms with E-state index in [1.807, 2.05) is 0 Å². The highest BCUT2D eigenvalue weighted by Gasteiger charge is 2.22. The lowest BCUT2D eigenvalue weighted by atomic mass is 9.90. The van der Waals surface area contributed by atoms with Crippen LogP contribution < -0.4 is 11.5 Å². The highest BCUT2D eigenvalue weighted by molar-refractivity contribution is 4.82. The Kier molecular flexibility index (Phi) is 2.05. The molecule has 1 aliphatic rings. The van der Waals surface area contributed by atoms with Crippen LogP contribution in [0.5, 0.6) is 0 Å². The topological polar surface area (TPSA) is 72.3 Å². The van der Waals surface area contributed by atoms with Crippen molar-refractivity contribution in [2.75, 3.05) is 0 Å². The van der Waals surface area contributed by atoms with Crippen LogP contribution in [0.4, 0.5) is 0 Å². The van der Waals surface area contributed by atoms with Crippen LogP contribution in [-0.4, -0.2) is 23.3 Å². The van der Waals surface area contributed by atoms with Crippen LogP contribution in [0, 0.1) is 0 Å². The van der Waals surface area contributed by atoms with Gasteiger partial charge in [0.1, 0.15) is 0 Å². The monoisotopic (exact) mass is 130 g/mol. The maximum Gasteiger partial charge on any atom is 0.0569 e. The number of aliphatic hydroxyl groups excluding tert-OH is 1. The third kappa shape index (κ3) is 1.93. The van der Waals surface area contributed by atoms with E-state index in [1.165, 1.54) is 0 Å². The van der Waals surface area contributed by atoms with Crippen molar-refractivity contribution in [3.63, 3.8) is 0 Å². The Morgan fingerprint density at radius 3 is 1.78 bits per heavy atom. The lowest BCUT2D eigenvalue weighted by molar-refractivity contribution is 0.111. The summed E-state index contributed by atoms with van der Waals surface area (Å²) in [5.74, 6) is 0. The van der Waals surface area contributed by atoms with E-state index in [2.05, 4.69) is 0 Å². The second-order valence-corrected chi connectivity index (χ2v) is 2.88. The number of aliphatic hydroxyl groups is 1. The zero-order valence-electron chi connectivity index (χ0n) is 5.46. The molecule has 0 aromatic carbocycles. The smallest absolute Gasteiger partial charge is 0.0569 e. The minimum absolute atomic E-state index is 0.115. The van der Waals surface area contributed by atoms with Gasteiger partial charge < -0.3 is 16.6 Å². The summed E-state index contributed by atoms with van der Waals surface area (Å²) in [6, 6.07) is 0.229. The fourth-order valence-electron chi connectivity index (χ4n) is 1.38. The van der Waals surface area contributed by atoms with Gasteiger partial charge in [-0.1, -0.05) is 0 Å². The summed E-state index contributed by atoms with van der Waals surface area (Å²) in [5, 5.41) is 9.09. The molecule has 1 fully saturated rings. The predicted molar refractivity (Wildman–Crippen MR) is 35.8 cm³/mol. The van der Waals surface area contributed by atoms with Crippen molar-refractivity contribution >= 4 is 0 Å². The molecule has 0 spiro atoms. The summed E-state index contributed by atoms with van der Waals surface area (Å²) in [7, 11) is 0. The van der Waals surface area contributed by atoms with Gasteiger partial charge in [-0.25, -0.2) is 0 Å². The van der Waals surface area contributed by atoms with Crippen molar-refractivity contribution in [2.45, 2.75) is 37.5 Å². The van der Waals surface area contributed by atoms with E-state index >= 15 is 0 Å². The molecule has 0 bridgehead atoms. The van der Waals surface area contributed by atoms with Crippen LogP contribution in [-0.2, 0) is 0 Å². The Labute approximate surface area is 55.0 Å². The molecular formula is C6H14N2O. The van der Waals surface area contributed by atoms with Crippen LogP contribution in [0.1, 0.15) is 19.3 Å². The van der Waals surface area contributed by atoms with E-state index < -0.39 is 0 Å². The van der Waals surface area contributed by atoms with Gasteiger partial charge in [0, 0.05) is 12.1 Å². The molecule has 0 aromatic heterocycles. The fourth-order valence-corrected chi connectivity index (χ4v) is 1.38. The summed E-state index contributed by atoms with van der Waals surface area (Å²) in [6.07, 6.45) is 2.03. The second-order valence-electron chi connectivity index (χ2n) is 2.88. The molecule has 3 nitrogen and oxygen atoms in total. The second kappa shape index (κ2) is 2.64. The zero-order valence-corrected chi connectivity index (χ0v) is 5.46.